The Morgan fingerprint density at radius 3 is 1.93 bits per heavy atom. The van der Waals surface area contributed by atoms with E-state index in [1.165, 1.54) is 0 Å². The van der Waals surface area contributed by atoms with Gasteiger partial charge in [0.25, 0.3) is 11.8 Å². The van der Waals surface area contributed by atoms with Crippen LogP contribution in [-0.4, -0.2) is 16.9 Å². The molecular weight excluding hydrogens is 364 g/mol. The molecule has 2 N–H and O–H groups in total. The number of carbonyl (C=O) groups excluding carboxylic acids is 2. The fraction of sp³-hybridized carbons (Fsp3) is 0. The molecule has 0 radical (unpaired) electrons. The van der Waals surface area contributed by atoms with E-state index in [0.29, 0.717) is 11.3 Å². The summed E-state index contributed by atoms with van der Waals surface area (Å²) in [4.78, 5) is 26.0. The third-order valence-electron chi connectivity index (χ3n) is 4.56. The van der Waals surface area contributed by atoms with Crippen molar-refractivity contribution in [2.45, 2.75) is 0 Å². The highest BCUT2D eigenvalue weighted by Crippen LogP contribution is 2.27. The van der Waals surface area contributed by atoms with Crippen molar-refractivity contribution in [1.29, 1.82) is 0 Å². The predicted molar refractivity (Wildman–Crippen MR) is 113 cm³/mol. The predicted octanol–water partition coefficient (Wildman–Crippen LogP) is 4.54. The van der Waals surface area contributed by atoms with Crippen LogP contribution in [0.2, 0.25) is 0 Å². The van der Waals surface area contributed by atoms with Crippen LogP contribution in [0.5, 0.6) is 5.75 Å². The first-order valence-corrected chi connectivity index (χ1v) is 9.11. The maximum absolute atomic E-state index is 13.3. The van der Waals surface area contributed by atoms with Gasteiger partial charge in [-0.25, -0.2) is 5.01 Å². The number of anilines is 1. The maximum Gasteiger partial charge on any atom is 0.280 e. The molecule has 0 fully saturated rings. The van der Waals surface area contributed by atoms with Crippen LogP contribution in [0.3, 0.4) is 0 Å². The van der Waals surface area contributed by atoms with Gasteiger partial charge in [0.1, 0.15) is 5.75 Å². The molecule has 142 valence electrons. The first kappa shape index (κ1) is 18.3. The SMILES string of the molecule is O=C(NN(C(=O)c1cc2ccccc2cc1O)c1ccccc1)c1ccccc1. The largest absolute Gasteiger partial charge is 0.507 e. The number of aromatic hydroxyl groups is 1. The Bertz CT molecular complexity index is 1170. The van der Waals surface area contributed by atoms with E-state index < -0.39 is 11.8 Å². The number of nitrogens with one attached hydrogen (secondary N) is 1. The van der Waals surface area contributed by atoms with Gasteiger partial charge < -0.3 is 5.11 Å². The Balaban J connectivity index is 1.74. The number of amides is 2. The molecule has 0 unspecified atom stereocenters. The minimum atomic E-state index is -0.538. The molecule has 0 heterocycles. The number of benzene rings is 4. The van der Waals surface area contributed by atoms with Crippen molar-refractivity contribution in [1.82, 2.24) is 5.43 Å². The first-order chi connectivity index (χ1) is 14.1. The molecule has 0 saturated carbocycles. The molecule has 0 spiro atoms. The standard InChI is InChI=1S/C24H18N2O3/c27-22-16-19-12-8-7-11-18(19)15-21(22)24(29)26(20-13-5-2-6-14-20)25-23(28)17-9-3-1-4-10-17/h1-16,27H,(H,25,28). The molecular formula is C24H18N2O3. The van der Waals surface area contributed by atoms with Crippen molar-refractivity contribution in [2.75, 3.05) is 5.01 Å². The number of hydrogen-bond donors (Lipinski definition) is 2. The summed E-state index contributed by atoms with van der Waals surface area (Å²) >= 11 is 0. The van der Waals surface area contributed by atoms with Gasteiger partial charge in [-0.2, -0.15) is 0 Å². The van der Waals surface area contributed by atoms with Crippen molar-refractivity contribution < 1.29 is 14.7 Å². The lowest BCUT2D eigenvalue weighted by Crippen LogP contribution is -2.46. The highest BCUT2D eigenvalue weighted by atomic mass is 16.3. The zero-order valence-electron chi connectivity index (χ0n) is 15.4. The van der Waals surface area contributed by atoms with Crippen molar-refractivity contribution in [3.8, 4) is 5.75 Å². The average molecular weight is 382 g/mol. The summed E-state index contributed by atoms with van der Waals surface area (Å²) in [6.07, 6.45) is 0. The topological polar surface area (TPSA) is 69.6 Å². The van der Waals surface area contributed by atoms with Gasteiger partial charge in [-0.3, -0.25) is 15.0 Å². The highest BCUT2D eigenvalue weighted by Gasteiger charge is 2.23. The average Bonchev–Trinajstić information content (AvgIpc) is 2.77. The van der Waals surface area contributed by atoms with Gasteiger partial charge in [0.2, 0.25) is 0 Å². The van der Waals surface area contributed by atoms with E-state index >= 15 is 0 Å². The Labute approximate surface area is 167 Å². The van der Waals surface area contributed by atoms with Gasteiger partial charge in [0, 0.05) is 5.56 Å². The minimum absolute atomic E-state index is 0.0981. The molecule has 0 aliphatic carbocycles. The number of fused-ring (bicyclic) bond motifs is 1. The summed E-state index contributed by atoms with van der Waals surface area (Å²) in [5.74, 6) is -1.12. The molecule has 0 aromatic heterocycles. The molecule has 0 atom stereocenters. The lowest BCUT2D eigenvalue weighted by molar-refractivity contribution is 0.0886. The second kappa shape index (κ2) is 7.86. The van der Waals surface area contributed by atoms with Crippen molar-refractivity contribution in [3.05, 3.63) is 108 Å². The second-order valence-corrected chi connectivity index (χ2v) is 6.50. The van der Waals surface area contributed by atoms with Crippen LogP contribution in [0.25, 0.3) is 10.8 Å². The zero-order chi connectivity index (χ0) is 20.2. The quantitative estimate of drug-likeness (QED) is 0.511. The lowest BCUT2D eigenvalue weighted by Gasteiger charge is -2.24. The summed E-state index contributed by atoms with van der Waals surface area (Å²) in [6, 6.07) is 28.0. The third-order valence-corrected chi connectivity index (χ3v) is 4.56. The van der Waals surface area contributed by atoms with E-state index in [1.807, 2.05) is 36.4 Å². The summed E-state index contributed by atoms with van der Waals surface area (Å²) < 4.78 is 0. The smallest absolute Gasteiger partial charge is 0.280 e. The Hall–Kier alpha value is -4.12. The fourth-order valence-corrected chi connectivity index (χ4v) is 3.09. The van der Waals surface area contributed by atoms with E-state index in [9.17, 15) is 14.7 Å². The van der Waals surface area contributed by atoms with Crippen LogP contribution in [0.15, 0.2) is 97.1 Å². The highest BCUT2D eigenvalue weighted by molar-refractivity contribution is 6.12. The molecule has 5 heteroatoms. The lowest BCUT2D eigenvalue weighted by atomic mass is 10.1. The van der Waals surface area contributed by atoms with Crippen LogP contribution in [0.1, 0.15) is 20.7 Å². The number of phenols is 1. The summed E-state index contributed by atoms with van der Waals surface area (Å²) in [5, 5.41) is 13.3. The molecule has 0 aliphatic heterocycles. The van der Waals surface area contributed by atoms with Crippen LogP contribution < -0.4 is 10.4 Å². The Morgan fingerprint density at radius 1 is 0.724 bits per heavy atom. The van der Waals surface area contributed by atoms with Crippen molar-refractivity contribution in [3.63, 3.8) is 0 Å². The summed E-state index contributed by atoms with van der Waals surface area (Å²) in [6.45, 7) is 0. The Kier molecular flexibility index (Phi) is 4.95. The molecule has 4 rings (SSSR count). The van der Waals surface area contributed by atoms with Gasteiger partial charge in [0.05, 0.1) is 11.3 Å². The van der Waals surface area contributed by atoms with Crippen LogP contribution >= 0.6 is 0 Å². The third kappa shape index (κ3) is 3.80. The molecule has 5 nitrogen and oxygen atoms in total. The van der Waals surface area contributed by atoms with E-state index in [0.717, 1.165) is 15.8 Å². The number of rotatable bonds is 3. The second-order valence-electron chi connectivity index (χ2n) is 6.50. The molecule has 4 aromatic rings. The molecule has 4 aromatic carbocycles. The molecule has 0 saturated heterocycles. The van der Waals surface area contributed by atoms with Crippen LogP contribution in [0, 0.1) is 0 Å². The van der Waals surface area contributed by atoms with Gasteiger partial charge in [0.15, 0.2) is 0 Å². The van der Waals surface area contributed by atoms with Gasteiger partial charge in [-0.05, 0) is 47.2 Å². The Morgan fingerprint density at radius 2 is 1.28 bits per heavy atom. The van der Waals surface area contributed by atoms with E-state index in [2.05, 4.69) is 5.43 Å². The molecule has 0 bridgehead atoms. The van der Waals surface area contributed by atoms with Crippen molar-refractivity contribution in [2.24, 2.45) is 0 Å². The van der Waals surface area contributed by atoms with Crippen LogP contribution in [-0.2, 0) is 0 Å². The zero-order valence-corrected chi connectivity index (χ0v) is 15.4. The number of hydrazine groups is 1. The first-order valence-electron chi connectivity index (χ1n) is 9.11. The number of carbonyl (C=O) groups is 2. The van der Waals surface area contributed by atoms with E-state index in [1.54, 1.807) is 60.7 Å². The van der Waals surface area contributed by atoms with E-state index in [-0.39, 0.29) is 11.3 Å². The van der Waals surface area contributed by atoms with Crippen molar-refractivity contribution >= 4 is 28.3 Å². The molecule has 0 aliphatic rings. The van der Waals surface area contributed by atoms with Gasteiger partial charge in [-0.15, -0.1) is 0 Å². The van der Waals surface area contributed by atoms with Crippen LogP contribution in [0.4, 0.5) is 5.69 Å². The number of hydrogen-bond acceptors (Lipinski definition) is 3. The maximum atomic E-state index is 13.3. The number of para-hydroxylation sites is 1. The van der Waals surface area contributed by atoms with E-state index in [4.69, 9.17) is 0 Å². The minimum Gasteiger partial charge on any atom is -0.507 e. The van der Waals surface area contributed by atoms with Gasteiger partial charge >= 0.3 is 0 Å². The summed E-state index contributed by atoms with van der Waals surface area (Å²) in [7, 11) is 0. The monoisotopic (exact) mass is 382 g/mol. The number of nitrogens with zero attached hydrogens (tertiary/aromatic N) is 1. The fourth-order valence-electron chi connectivity index (χ4n) is 3.09. The van der Waals surface area contributed by atoms with Gasteiger partial charge in [-0.1, -0.05) is 60.7 Å². The number of phenolic OH excluding ortho intramolecular Hbond substituents is 1. The normalized spacial score (nSPS) is 10.5. The summed E-state index contributed by atoms with van der Waals surface area (Å²) in [5.41, 5.74) is 3.66. The molecule has 2 amide bonds. The molecule has 29 heavy (non-hydrogen) atoms.